The number of hydrogen-bond acceptors (Lipinski definition) is 5. The van der Waals surface area contributed by atoms with E-state index in [1.165, 1.54) is 0 Å². The molecule has 1 amide bonds. The summed E-state index contributed by atoms with van der Waals surface area (Å²) in [5.41, 5.74) is 0. The molecule has 2 aromatic carbocycles. The number of nitrogens with zero attached hydrogens (tertiary/aromatic N) is 3. The van der Waals surface area contributed by atoms with E-state index >= 15 is 0 Å². The van der Waals surface area contributed by atoms with E-state index in [0.717, 1.165) is 64.8 Å². The Hall–Kier alpha value is -1.60. The Morgan fingerprint density at radius 3 is 2.82 bits per heavy atom. The predicted molar refractivity (Wildman–Crippen MR) is 118 cm³/mol. The van der Waals surface area contributed by atoms with Gasteiger partial charge >= 0.3 is 0 Å². The van der Waals surface area contributed by atoms with Gasteiger partial charge in [-0.1, -0.05) is 35.9 Å². The largest absolute Gasteiger partial charge is 0.341 e. The molecule has 1 aromatic heterocycles. The number of aromatic nitrogens is 1. The molecule has 0 N–H and O–H groups in total. The number of rotatable bonds is 5. The lowest BCUT2D eigenvalue weighted by Crippen LogP contribution is -2.36. The Kier molecular flexibility index (Phi) is 6.52. The molecule has 0 atom stereocenters. The Bertz CT molecular complexity index is 943. The number of carbonyl (C=O) groups excluding carboxylic acids is 1. The second-order valence-corrected chi connectivity index (χ2v) is 9.22. The van der Waals surface area contributed by atoms with Gasteiger partial charge in [0.15, 0.2) is 0 Å². The third kappa shape index (κ3) is 4.69. The lowest BCUT2D eigenvalue weighted by atomic mass is 10.1. The number of amides is 1. The van der Waals surface area contributed by atoms with E-state index in [4.69, 9.17) is 11.6 Å². The van der Waals surface area contributed by atoms with Gasteiger partial charge in [-0.3, -0.25) is 9.69 Å². The van der Waals surface area contributed by atoms with Crippen LogP contribution in [0.5, 0.6) is 0 Å². The molecule has 7 heteroatoms. The summed E-state index contributed by atoms with van der Waals surface area (Å²) >= 11 is 9.67. The van der Waals surface area contributed by atoms with E-state index < -0.39 is 0 Å². The number of halogens is 1. The van der Waals surface area contributed by atoms with Gasteiger partial charge in [0.25, 0.3) is 0 Å². The van der Waals surface area contributed by atoms with Crippen LogP contribution in [0.25, 0.3) is 10.8 Å². The number of thioether (sulfide) groups is 1. The van der Waals surface area contributed by atoms with Crippen molar-refractivity contribution in [3.8, 4) is 0 Å². The van der Waals surface area contributed by atoms with Crippen LogP contribution >= 0.6 is 34.7 Å². The lowest BCUT2D eigenvalue weighted by Gasteiger charge is -2.21. The second kappa shape index (κ2) is 9.27. The van der Waals surface area contributed by atoms with Crippen molar-refractivity contribution in [3.63, 3.8) is 0 Å². The van der Waals surface area contributed by atoms with E-state index in [-0.39, 0.29) is 5.91 Å². The summed E-state index contributed by atoms with van der Waals surface area (Å²) in [6.45, 7) is 4.39. The molecule has 0 unspecified atom stereocenters. The summed E-state index contributed by atoms with van der Waals surface area (Å²) in [4.78, 5) is 22.6. The van der Waals surface area contributed by atoms with E-state index in [9.17, 15) is 4.79 Å². The zero-order chi connectivity index (χ0) is 19.3. The van der Waals surface area contributed by atoms with E-state index in [1.807, 2.05) is 40.7 Å². The van der Waals surface area contributed by atoms with Gasteiger partial charge < -0.3 is 4.90 Å². The van der Waals surface area contributed by atoms with Crippen molar-refractivity contribution >= 4 is 51.4 Å². The monoisotopic (exact) mass is 431 g/mol. The minimum Gasteiger partial charge on any atom is -0.341 e. The zero-order valence-corrected chi connectivity index (χ0v) is 17.9. The van der Waals surface area contributed by atoms with Crippen LogP contribution < -0.4 is 0 Å². The average Bonchev–Trinajstić information content (AvgIpc) is 3.10. The van der Waals surface area contributed by atoms with Crippen molar-refractivity contribution in [2.24, 2.45) is 0 Å². The fraction of sp³-hybridized carbons (Fsp3) is 0.333. The van der Waals surface area contributed by atoms with Crippen LogP contribution in [0.3, 0.4) is 0 Å². The number of hydrogen-bond donors (Lipinski definition) is 0. The highest BCUT2D eigenvalue weighted by molar-refractivity contribution is 8.00. The molecule has 4 rings (SSSR count). The highest BCUT2D eigenvalue weighted by atomic mass is 35.5. The van der Waals surface area contributed by atoms with Crippen LogP contribution in [0.1, 0.15) is 11.4 Å². The van der Waals surface area contributed by atoms with Crippen LogP contribution in [-0.4, -0.2) is 52.6 Å². The Balaban J connectivity index is 1.35. The summed E-state index contributed by atoms with van der Waals surface area (Å²) in [5, 5.41) is 6.04. The van der Waals surface area contributed by atoms with Crippen LogP contribution in [0.4, 0.5) is 0 Å². The molecule has 2 heterocycles. The molecule has 1 aliphatic rings. The minimum atomic E-state index is 0.199. The number of thiazole rings is 1. The van der Waals surface area contributed by atoms with Crippen molar-refractivity contribution in [1.29, 1.82) is 0 Å². The molecule has 28 heavy (non-hydrogen) atoms. The molecule has 1 aliphatic heterocycles. The zero-order valence-electron chi connectivity index (χ0n) is 15.5. The highest BCUT2D eigenvalue weighted by Crippen LogP contribution is 2.33. The van der Waals surface area contributed by atoms with Crippen LogP contribution in [0.15, 0.2) is 52.9 Å². The highest BCUT2D eigenvalue weighted by Gasteiger charge is 2.20. The molecular formula is C21H22ClN3OS2. The SMILES string of the molecule is O=C(CSc1cccc2cccc(Cl)c12)N1CCCN(Cc2nccs2)CC1. The maximum Gasteiger partial charge on any atom is 0.232 e. The van der Waals surface area contributed by atoms with Gasteiger partial charge in [0.2, 0.25) is 5.91 Å². The molecule has 3 aromatic rings. The van der Waals surface area contributed by atoms with Gasteiger partial charge in [-0.15, -0.1) is 23.1 Å². The van der Waals surface area contributed by atoms with Gasteiger partial charge in [-0.25, -0.2) is 4.98 Å². The molecule has 0 spiro atoms. The van der Waals surface area contributed by atoms with Crippen molar-refractivity contribution in [2.75, 3.05) is 31.9 Å². The first-order chi connectivity index (χ1) is 13.7. The summed E-state index contributed by atoms with van der Waals surface area (Å²) < 4.78 is 0. The first kappa shape index (κ1) is 19.7. The van der Waals surface area contributed by atoms with E-state index in [1.54, 1.807) is 23.1 Å². The van der Waals surface area contributed by atoms with Crippen LogP contribution in [-0.2, 0) is 11.3 Å². The summed E-state index contributed by atoms with van der Waals surface area (Å²) in [6.07, 6.45) is 2.85. The van der Waals surface area contributed by atoms with Crippen LogP contribution in [0, 0.1) is 0 Å². The molecule has 4 nitrogen and oxygen atoms in total. The first-order valence-electron chi connectivity index (χ1n) is 9.39. The molecule has 1 saturated heterocycles. The average molecular weight is 432 g/mol. The number of fused-ring (bicyclic) bond motifs is 1. The molecule has 0 aliphatic carbocycles. The van der Waals surface area contributed by atoms with Gasteiger partial charge in [-0.2, -0.15) is 0 Å². The van der Waals surface area contributed by atoms with Crippen molar-refractivity contribution in [2.45, 2.75) is 17.9 Å². The fourth-order valence-corrected chi connectivity index (χ4v) is 5.52. The molecule has 0 radical (unpaired) electrons. The maximum atomic E-state index is 12.8. The Morgan fingerprint density at radius 2 is 2.00 bits per heavy atom. The summed E-state index contributed by atoms with van der Waals surface area (Å²) in [6, 6.07) is 12.0. The van der Waals surface area contributed by atoms with Crippen molar-refractivity contribution in [1.82, 2.24) is 14.8 Å². The van der Waals surface area contributed by atoms with Crippen molar-refractivity contribution < 1.29 is 4.79 Å². The number of carbonyl (C=O) groups is 1. The van der Waals surface area contributed by atoms with Gasteiger partial charge in [-0.05, 0) is 23.9 Å². The number of benzene rings is 2. The molecule has 0 saturated carbocycles. The van der Waals surface area contributed by atoms with Crippen LogP contribution in [0.2, 0.25) is 5.02 Å². The van der Waals surface area contributed by atoms with Gasteiger partial charge in [0.1, 0.15) is 5.01 Å². The Morgan fingerprint density at radius 1 is 1.14 bits per heavy atom. The maximum absolute atomic E-state index is 12.8. The third-order valence-corrected chi connectivity index (χ3v) is 7.07. The standard InChI is InChI=1S/C21H22ClN3OS2/c22-17-6-1-4-16-5-2-7-18(21(16)17)28-15-20(26)25-10-3-9-24(11-12-25)14-19-23-8-13-27-19/h1-2,4-8,13H,3,9-12,14-15H2. The van der Waals surface area contributed by atoms with Gasteiger partial charge in [0, 0.05) is 53.1 Å². The minimum absolute atomic E-state index is 0.199. The second-order valence-electron chi connectivity index (χ2n) is 6.82. The van der Waals surface area contributed by atoms with Crippen molar-refractivity contribution in [3.05, 3.63) is 58.0 Å². The molecular weight excluding hydrogens is 410 g/mol. The quantitative estimate of drug-likeness (QED) is 0.545. The molecule has 0 bridgehead atoms. The summed E-state index contributed by atoms with van der Waals surface area (Å²) in [5.74, 6) is 0.641. The third-order valence-electron chi connectivity index (χ3n) is 4.95. The molecule has 1 fully saturated rings. The van der Waals surface area contributed by atoms with E-state index in [0.29, 0.717) is 5.75 Å². The summed E-state index contributed by atoms with van der Waals surface area (Å²) in [7, 11) is 0. The predicted octanol–water partition coefficient (Wildman–Crippen LogP) is 4.78. The van der Waals surface area contributed by atoms with E-state index in [2.05, 4.69) is 22.0 Å². The smallest absolute Gasteiger partial charge is 0.232 e. The lowest BCUT2D eigenvalue weighted by molar-refractivity contribution is -0.128. The topological polar surface area (TPSA) is 36.4 Å². The van der Waals surface area contributed by atoms with Gasteiger partial charge in [0.05, 0.1) is 12.3 Å². The first-order valence-corrected chi connectivity index (χ1v) is 11.6. The normalized spacial score (nSPS) is 15.7. The Labute approximate surface area is 178 Å². The molecule has 146 valence electrons. The fourth-order valence-electron chi connectivity index (χ4n) is 3.51.